The van der Waals surface area contributed by atoms with Gasteiger partial charge in [-0.05, 0) is 30.5 Å². The Morgan fingerprint density at radius 2 is 2.12 bits per heavy atom. The van der Waals surface area contributed by atoms with Crippen LogP contribution in [0.25, 0.3) is 0 Å². The minimum Gasteiger partial charge on any atom is -0.277 e. The number of rotatable bonds is 3. The van der Waals surface area contributed by atoms with E-state index in [4.69, 9.17) is 23.2 Å². The largest absolute Gasteiger partial charge is 0.277 e. The highest BCUT2D eigenvalue weighted by molar-refractivity contribution is 6.35. The number of benzene rings is 1. The molecule has 1 aromatic rings. The molecule has 0 atom stereocenters. The highest BCUT2D eigenvalue weighted by Crippen LogP contribution is 2.50. The molecule has 2 rings (SSSR count). The zero-order valence-corrected chi connectivity index (χ0v) is 10.2. The molecule has 0 radical (unpaired) electrons. The molecule has 1 amide bonds. The molecule has 1 fully saturated rings. The second kappa shape index (κ2) is 4.24. The van der Waals surface area contributed by atoms with Crippen LogP contribution in [0.3, 0.4) is 0 Å². The molecule has 3 nitrogen and oxygen atoms in total. The van der Waals surface area contributed by atoms with Crippen molar-refractivity contribution in [1.82, 2.24) is 5.48 Å². The van der Waals surface area contributed by atoms with E-state index in [2.05, 4.69) is 10.3 Å². The van der Waals surface area contributed by atoms with Gasteiger partial charge in [-0.3, -0.25) is 9.63 Å². The highest BCUT2D eigenvalue weighted by atomic mass is 35.5. The Hall–Kier alpha value is -0.770. The van der Waals surface area contributed by atoms with Gasteiger partial charge in [-0.15, -0.1) is 0 Å². The highest BCUT2D eigenvalue weighted by Gasteiger charge is 2.52. The molecule has 86 valence electrons. The SMILES string of the molecule is CONC(=O)C1(c2ccc(Cl)cc2Cl)CC1. The van der Waals surface area contributed by atoms with Crippen molar-refractivity contribution < 1.29 is 9.63 Å². The van der Waals surface area contributed by atoms with E-state index in [-0.39, 0.29) is 5.91 Å². The van der Waals surface area contributed by atoms with Gasteiger partial charge in [-0.1, -0.05) is 29.3 Å². The maximum absolute atomic E-state index is 11.8. The number of hydrogen-bond donors (Lipinski definition) is 1. The Kier molecular flexibility index (Phi) is 3.10. The van der Waals surface area contributed by atoms with Gasteiger partial charge in [-0.2, -0.15) is 0 Å². The fourth-order valence-electron chi connectivity index (χ4n) is 1.81. The van der Waals surface area contributed by atoms with E-state index >= 15 is 0 Å². The van der Waals surface area contributed by atoms with E-state index in [9.17, 15) is 4.79 Å². The van der Waals surface area contributed by atoms with Crippen molar-refractivity contribution in [2.75, 3.05) is 7.11 Å². The minimum absolute atomic E-state index is 0.153. The van der Waals surface area contributed by atoms with Gasteiger partial charge in [0.05, 0.1) is 12.5 Å². The lowest BCUT2D eigenvalue weighted by Gasteiger charge is -2.16. The quantitative estimate of drug-likeness (QED) is 0.848. The first-order valence-electron chi connectivity index (χ1n) is 4.89. The monoisotopic (exact) mass is 259 g/mol. The molecule has 16 heavy (non-hydrogen) atoms. The summed E-state index contributed by atoms with van der Waals surface area (Å²) < 4.78 is 0. The summed E-state index contributed by atoms with van der Waals surface area (Å²) in [5.74, 6) is -0.153. The van der Waals surface area contributed by atoms with E-state index in [1.54, 1.807) is 18.2 Å². The summed E-state index contributed by atoms with van der Waals surface area (Å²) in [6, 6.07) is 5.19. The van der Waals surface area contributed by atoms with E-state index in [0.29, 0.717) is 10.0 Å². The third kappa shape index (κ3) is 1.90. The number of hydroxylamine groups is 1. The van der Waals surface area contributed by atoms with Crippen LogP contribution >= 0.6 is 23.2 Å². The van der Waals surface area contributed by atoms with E-state index in [0.717, 1.165) is 18.4 Å². The fourth-order valence-corrected chi connectivity index (χ4v) is 2.40. The lowest BCUT2D eigenvalue weighted by Crippen LogP contribution is -2.34. The molecule has 5 heteroatoms. The van der Waals surface area contributed by atoms with Crippen LogP contribution in [0.4, 0.5) is 0 Å². The minimum atomic E-state index is -0.530. The van der Waals surface area contributed by atoms with Crippen molar-refractivity contribution in [3.63, 3.8) is 0 Å². The Morgan fingerprint density at radius 1 is 1.44 bits per heavy atom. The van der Waals surface area contributed by atoms with Gasteiger partial charge in [0.2, 0.25) is 0 Å². The summed E-state index contributed by atoms with van der Waals surface area (Å²) in [7, 11) is 1.41. The van der Waals surface area contributed by atoms with Gasteiger partial charge >= 0.3 is 0 Å². The van der Waals surface area contributed by atoms with Crippen LogP contribution in [0.1, 0.15) is 18.4 Å². The van der Waals surface area contributed by atoms with Crippen molar-refractivity contribution in [3.05, 3.63) is 33.8 Å². The Bertz CT molecular complexity index is 430. The van der Waals surface area contributed by atoms with E-state index in [1.807, 2.05) is 0 Å². The van der Waals surface area contributed by atoms with E-state index in [1.165, 1.54) is 7.11 Å². The average Bonchev–Trinajstić information content (AvgIpc) is 2.99. The number of hydrogen-bond acceptors (Lipinski definition) is 2. The van der Waals surface area contributed by atoms with Crippen molar-refractivity contribution in [1.29, 1.82) is 0 Å². The van der Waals surface area contributed by atoms with Crippen LogP contribution in [0, 0.1) is 0 Å². The Balaban J connectivity index is 2.33. The lowest BCUT2D eigenvalue weighted by molar-refractivity contribution is -0.134. The van der Waals surface area contributed by atoms with Gasteiger partial charge in [0.15, 0.2) is 0 Å². The Morgan fingerprint density at radius 3 is 2.62 bits per heavy atom. The van der Waals surface area contributed by atoms with Gasteiger partial charge < -0.3 is 0 Å². The molecule has 0 spiro atoms. The zero-order chi connectivity index (χ0) is 11.8. The first-order chi connectivity index (χ1) is 7.60. The van der Waals surface area contributed by atoms with Crippen molar-refractivity contribution in [2.24, 2.45) is 0 Å². The van der Waals surface area contributed by atoms with Crippen LogP contribution in [0.5, 0.6) is 0 Å². The molecule has 1 aliphatic carbocycles. The standard InChI is InChI=1S/C11H11Cl2NO2/c1-16-14-10(15)11(4-5-11)8-3-2-7(12)6-9(8)13/h2-3,6H,4-5H2,1H3,(H,14,15). The normalized spacial score (nSPS) is 16.9. The molecule has 0 saturated heterocycles. The molecule has 1 aliphatic rings. The predicted molar refractivity (Wildman–Crippen MR) is 62.5 cm³/mol. The van der Waals surface area contributed by atoms with Crippen LogP contribution < -0.4 is 5.48 Å². The Labute approximate surface area is 104 Å². The third-order valence-electron chi connectivity index (χ3n) is 2.83. The summed E-state index contributed by atoms with van der Waals surface area (Å²) in [5.41, 5.74) is 2.64. The number of carbonyl (C=O) groups excluding carboxylic acids is 1. The summed E-state index contributed by atoms with van der Waals surface area (Å²) in [6.07, 6.45) is 1.56. The van der Waals surface area contributed by atoms with Crippen molar-refractivity contribution >= 4 is 29.1 Å². The molecule has 1 aromatic carbocycles. The van der Waals surface area contributed by atoms with E-state index < -0.39 is 5.41 Å². The second-order valence-corrected chi connectivity index (χ2v) is 4.69. The number of nitrogens with one attached hydrogen (secondary N) is 1. The number of carbonyl (C=O) groups is 1. The molecule has 0 unspecified atom stereocenters. The first kappa shape index (κ1) is 11.7. The summed E-state index contributed by atoms with van der Waals surface area (Å²) >= 11 is 11.9. The van der Waals surface area contributed by atoms with Gasteiger partial charge in [0.25, 0.3) is 5.91 Å². The maximum atomic E-state index is 11.8. The molecule has 1 N–H and O–H groups in total. The molecule has 1 saturated carbocycles. The van der Waals surface area contributed by atoms with Crippen molar-refractivity contribution in [3.8, 4) is 0 Å². The maximum Gasteiger partial charge on any atom is 0.254 e. The average molecular weight is 260 g/mol. The van der Waals surface area contributed by atoms with Crippen LogP contribution in [0.15, 0.2) is 18.2 Å². The van der Waals surface area contributed by atoms with Gasteiger partial charge in [0, 0.05) is 10.0 Å². The smallest absolute Gasteiger partial charge is 0.254 e. The first-order valence-corrected chi connectivity index (χ1v) is 5.65. The van der Waals surface area contributed by atoms with Crippen LogP contribution in [-0.2, 0) is 15.0 Å². The molecule has 0 aliphatic heterocycles. The second-order valence-electron chi connectivity index (χ2n) is 3.84. The molecule has 0 aromatic heterocycles. The molecule has 0 bridgehead atoms. The number of amides is 1. The molecule has 0 heterocycles. The molecular weight excluding hydrogens is 249 g/mol. The summed E-state index contributed by atoms with van der Waals surface area (Å²) in [5, 5.41) is 1.09. The third-order valence-corrected chi connectivity index (χ3v) is 3.37. The lowest BCUT2D eigenvalue weighted by atomic mass is 9.95. The number of halogens is 2. The molecular formula is C11H11Cl2NO2. The predicted octanol–water partition coefficient (Wildman–Crippen LogP) is 2.70. The zero-order valence-electron chi connectivity index (χ0n) is 8.72. The van der Waals surface area contributed by atoms with Crippen LogP contribution in [0.2, 0.25) is 10.0 Å². The van der Waals surface area contributed by atoms with Crippen LogP contribution in [-0.4, -0.2) is 13.0 Å². The summed E-state index contributed by atoms with van der Waals surface area (Å²) in [4.78, 5) is 16.5. The van der Waals surface area contributed by atoms with Gasteiger partial charge in [-0.25, -0.2) is 5.48 Å². The summed E-state index contributed by atoms with van der Waals surface area (Å²) in [6.45, 7) is 0. The topological polar surface area (TPSA) is 38.3 Å². The van der Waals surface area contributed by atoms with Gasteiger partial charge in [0.1, 0.15) is 0 Å². The van der Waals surface area contributed by atoms with Crippen molar-refractivity contribution in [2.45, 2.75) is 18.3 Å². The fraction of sp³-hybridized carbons (Fsp3) is 0.364.